The van der Waals surface area contributed by atoms with Crippen molar-refractivity contribution in [1.29, 1.82) is 0 Å². The summed E-state index contributed by atoms with van der Waals surface area (Å²) in [6, 6.07) is 0. The van der Waals surface area contributed by atoms with Crippen LogP contribution >= 0.6 is 0 Å². The maximum atomic E-state index is 11.5. The Labute approximate surface area is 105 Å². The van der Waals surface area contributed by atoms with Crippen LogP contribution < -0.4 is 10.6 Å². The summed E-state index contributed by atoms with van der Waals surface area (Å²) >= 11 is 0. The van der Waals surface area contributed by atoms with Gasteiger partial charge in [-0.05, 0) is 25.9 Å². The molecule has 7 heteroatoms. The van der Waals surface area contributed by atoms with E-state index < -0.39 is 0 Å². The number of carbonyl (C=O) groups excluding carboxylic acids is 1. The van der Waals surface area contributed by atoms with Gasteiger partial charge in [0.1, 0.15) is 6.61 Å². The highest BCUT2D eigenvalue weighted by atomic mass is 16.5. The first-order valence-electron chi connectivity index (χ1n) is 6.19. The van der Waals surface area contributed by atoms with Crippen LogP contribution in [0.4, 0.5) is 0 Å². The Morgan fingerprint density at radius 3 is 3.11 bits per heavy atom. The Balaban J connectivity index is 1.54. The van der Waals surface area contributed by atoms with E-state index in [0.717, 1.165) is 25.9 Å². The molecule has 18 heavy (non-hydrogen) atoms. The molecule has 0 aliphatic carbocycles. The van der Waals surface area contributed by atoms with Gasteiger partial charge in [0.05, 0.1) is 6.10 Å². The topological polar surface area (TPSA) is 89.3 Å². The predicted molar refractivity (Wildman–Crippen MR) is 62.9 cm³/mol. The van der Waals surface area contributed by atoms with E-state index in [1.165, 1.54) is 6.39 Å². The van der Waals surface area contributed by atoms with Gasteiger partial charge >= 0.3 is 0 Å². The van der Waals surface area contributed by atoms with Gasteiger partial charge in [0.2, 0.25) is 12.3 Å². The van der Waals surface area contributed by atoms with E-state index in [-0.39, 0.29) is 18.6 Å². The van der Waals surface area contributed by atoms with Crippen LogP contribution in [0.2, 0.25) is 0 Å². The van der Waals surface area contributed by atoms with Crippen molar-refractivity contribution in [1.82, 2.24) is 20.8 Å². The Kier molecular flexibility index (Phi) is 5.10. The normalized spacial score (nSPS) is 16.7. The van der Waals surface area contributed by atoms with Crippen LogP contribution in [0.1, 0.15) is 18.7 Å². The Morgan fingerprint density at radius 2 is 2.39 bits per heavy atom. The monoisotopic (exact) mass is 254 g/mol. The maximum Gasteiger partial charge on any atom is 0.246 e. The van der Waals surface area contributed by atoms with Gasteiger partial charge in [0.15, 0.2) is 5.82 Å². The summed E-state index contributed by atoms with van der Waals surface area (Å²) in [7, 11) is 0. The molecular weight excluding hydrogens is 236 g/mol. The van der Waals surface area contributed by atoms with Gasteiger partial charge in [-0.2, -0.15) is 4.98 Å². The summed E-state index contributed by atoms with van der Waals surface area (Å²) in [5.41, 5.74) is 0. The molecule has 1 aromatic rings. The molecule has 0 aromatic carbocycles. The van der Waals surface area contributed by atoms with Crippen LogP contribution in [0.15, 0.2) is 10.9 Å². The Bertz CT molecular complexity index is 349. The molecule has 0 radical (unpaired) electrons. The number of piperidine rings is 1. The van der Waals surface area contributed by atoms with Crippen LogP contribution in [0.5, 0.6) is 0 Å². The molecule has 0 unspecified atom stereocenters. The number of hydrogen-bond acceptors (Lipinski definition) is 6. The maximum absolute atomic E-state index is 11.5. The van der Waals surface area contributed by atoms with Crippen LogP contribution in [0, 0.1) is 0 Å². The summed E-state index contributed by atoms with van der Waals surface area (Å²) in [5, 5.41) is 9.67. The summed E-state index contributed by atoms with van der Waals surface area (Å²) in [5.74, 6) is 0.492. The molecule has 1 saturated heterocycles. The summed E-state index contributed by atoms with van der Waals surface area (Å²) in [6.07, 6.45) is 3.98. The number of hydrogen-bond donors (Lipinski definition) is 2. The predicted octanol–water partition coefficient (Wildman–Crippen LogP) is -0.503. The summed E-state index contributed by atoms with van der Waals surface area (Å²) in [6.45, 7) is 2.54. The SMILES string of the molecule is O=C(COC1CCNCC1)NCCc1ncon1. The van der Waals surface area contributed by atoms with Crippen LogP contribution in [0.3, 0.4) is 0 Å². The number of nitrogens with one attached hydrogen (secondary N) is 2. The van der Waals surface area contributed by atoms with Crippen molar-refractivity contribution in [3.05, 3.63) is 12.2 Å². The van der Waals surface area contributed by atoms with E-state index in [0.29, 0.717) is 18.8 Å². The highest BCUT2D eigenvalue weighted by Crippen LogP contribution is 2.06. The number of ether oxygens (including phenoxy) is 1. The van der Waals surface area contributed by atoms with Crippen molar-refractivity contribution >= 4 is 5.91 Å². The average molecular weight is 254 g/mol. The molecule has 1 fully saturated rings. The molecule has 0 saturated carbocycles. The fourth-order valence-corrected chi connectivity index (χ4v) is 1.82. The fraction of sp³-hybridized carbons (Fsp3) is 0.727. The number of amides is 1. The molecule has 0 atom stereocenters. The molecule has 1 aliphatic heterocycles. The van der Waals surface area contributed by atoms with Gasteiger partial charge in [-0.3, -0.25) is 4.79 Å². The van der Waals surface area contributed by atoms with Crippen LogP contribution in [-0.2, 0) is 16.0 Å². The second-order valence-electron chi connectivity index (χ2n) is 4.21. The van der Waals surface area contributed by atoms with Crippen molar-refractivity contribution in [3.63, 3.8) is 0 Å². The molecule has 1 aromatic heterocycles. The van der Waals surface area contributed by atoms with Gasteiger partial charge in [0, 0.05) is 13.0 Å². The van der Waals surface area contributed by atoms with E-state index >= 15 is 0 Å². The number of rotatable bonds is 6. The van der Waals surface area contributed by atoms with Crippen LogP contribution in [0.25, 0.3) is 0 Å². The molecule has 2 N–H and O–H groups in total. The standard InChI is InChI=1S/C11H18N4O3/c16-11(7-17-9-1-4-12-5-2-9)13-6-3-10-14-8-18-15-10/h8-9,12H,1-7H2,(H,13,16). The third-order valence-electron chi connectivity index (χ3n) is 2.81. The first-order valence-corrected chi connectivity index (χ1v) is 6.19. The lowest BCUT2D eigenvalue weighted by molar-refractivity contribution is -0.128. The first-order chi connectivity index (χ1) is 8.84. The number of aromatic nitrogens is 2. The third kappa shape index (κ3) is 4.42. The third-order valence-corrected chi connectivity index (χ3v) is 2.81. The molecule has 2 rings (SSSR count). The zero-order chi connectivity index (χ0) is 12.6. The lowest BCUT2D eigenvalue weighted by atomic mass is 10.1. The molecule has 7 nitrogen and oxygen atoms in total. The van der Waals surface area contributed by atoms with E-state index in [9.17, 15) is 4.79 Å². The molecule has 1 amide bonds. The molecule has 2 heterocycles. The lowest BCUT2D eigenvalue weighted by Crippen LogP contribution is -2.36. The highest BCUT2D eigenvalue weighted by molar-refractivity contribution is 5.77. The minimum atomic E-state index is -0.1000. The lowest BCUT2D eigenvalue weighted by Gasteiger charge is -2.22. The van der Waals surface area contributed by atoms with E-state index in [4.69, 9.17) is 4.74 Å². The molecule has 0 bridgehead atoms. The number of carbonyl (C=O) groups is 1. The van der Waals surface area contributed by atoms with Crippen molar-refractivity contribution < 1.29 is 14.1 Å². The number of nitrogens with zero attached hydrogens (tertiary/aromatic N) is 2. The fourth-order valence-electron chi connectivity index (χ4n) is 1.82. The van der Waals surface area contributed by atoms with E-state index in [1.807, 2.05) is 0 Å². The zero-order valence-corrected chi connectivity index (χ0v) is 10.2. The molecule has 1 aliphatic rings. The van der Waals surface area contributed by atoms with E-state index in [1.54, 1.807) is 0 Å². The van der Waals surface area contributed by atoms with Crippen molar-refractivity contribution in [2.24, 2.45) is 0 Å². The molecule has 100 valence electrons. The van der Waals surface area contributed by atoms with Crippen LogP contribution in [-0.4, -0.2) is 48.4 Å². The summed E-state index contributed by atoms with van der Waals surface area (Å²) in [4.78, 5) is 15.4. The zero-order valence-electron chi connectivity index (χ0n) is 10.2. The van der Waals surface area contributed by atoms with Gasteiger partial charge in [-0.25, -0.2) is 0 Å². The minimum Gasteiger partial charge on any atom is -0.368 e. The molecule has 0 spiro atoms. The second kappa shape index (κ2) is 7.07. The Morgan fingerprint density at radius 1 is 1.56 bits per heavy atom. The Hall–Kier alpha value is -1.47. The minimum absolute atomic E-state index is 0.1000. The summed E-state index contributed by atoms with van der Waals surface area (Å²) < 4.78 is 10.1. The highest BCUT2D eigenvalue weighted by Gasteiger charge is 2.14. The van der Waals surface area contributed by atoms with Crippen molar-refractivity contribution in [2.75, 3.05) is 26.2 Å². The van der Waals surface area contributed by atoms with E-state index in [2.05, 4.69) is 25.3 Å². The molecular formula is C11H18N4O3. The largest absolute Gasteiger partial charge is 0.368 e. The quantitative estimate of drug-likeness (QED) is 0.711. The van der Waals surface area contributed by atoms with Crippen molar-refractivity contribution in [2.45, 2.75) is 25.4 Å². The average Bonchev–Trinajstić information content (AvgIpc) is 2.91. The van der Waals surface area contributed by atoms with Gasteiger partial charge in [0.25, 0.3) is 0 Å². The van der Waals surface area contributed by atoms with Gasteiger partial charge in [-0.1, -0.05) is 5.16 Å². The second-order valence-corrected chi connectivity index (χ2v) is 4.21. The van der Waals surface area contributed by atoms with Crippen molar-refractivity contribution in [3.8, 4) is 0 Å². The van der Waals surface area contributed by atoms with Gasteiger partial charge in [-0.15, -0.1) is 0 Å². The van der Waals surface area contributed by atoms with Gasteiger partial charge < -0.3 is 19.9 Å². The first kappa shape index (κ1) is 13.0. The smallest absolute Gasteiger partial charge is 0.246 e.